The van der Waals surface area contributed by atoms with Gasteiger partial charge in [-0.1, -0.05) is 48.0 Å². The Morgan fingerprint density at radius 1 is 1.12 bits per heavy atom. The average Bonchev–Trinajstić information content (AvgIpc) is 2.58. The molecule has 0 unspecified atom stereocenters. The number of hydrogen-bond donors (Lipinski definition) is 2. The summed E-state index contributed by atoms with van der Waals surface area (Å²) in [6, 6.07) is 11.3. The quantitative estimate of drug-likeness (QED) is 0.562. The second-order valence-corrected chi connectivity index (χ2v) is 7.50. The van der Waals surface area contributed by atoms with Gasteiger partial charge in [0.15, 0.2) is 0 Å². The van der Waals surface area contributed by atoms with Gasteiger partial charge in [0.25, 0.3) is 10.0 Å². The Bertz CT molecular complexity index is 966. The third-order valence-corrected chi connectivity index (χ3v) is 5.25. The van der Waals surface area contributed by atoms with E-state index in [4.69, 9.17) is 11.6 Å². The number of para-hydroxylation sites is 1. The Balaban J connectivity index is 2.28. The first kappa shape index (κ1) is 19.8. The maximum atomic E-state index is 12.7. The molecule has 0 aliphatic carbocycles. The normalized spacial score (nSPS) is 11.8. The molecule has 136 valence electrons. The number of anilines is 2. The lowest BCUT2D eigenvalue weighted by Crippen LogP contribution is -2.15. The second kappa shape index (κ2) is 8.69. The van der Waals surface area contributed by atoms with Gasteiger partial charge in [-0.15, -0.1) is 0 Å². The van der Waals surface area contributed by atoms with Crippen LogP contribution in [0.2, 0.25) is 5.02 Å². The zero-order valence-electron chi connectivity index (χ0n) is 14.4. The van der Waals surface area contributed by atoms with Crippen LogP contribution >= 0.6 is 11.6 Å². The van der Waals surface area contributed by atoms with Crippen LogP contribution in [0.1, 0.15) is 12.5 Å². The fourth-order valence-corrected chi connectivity index (χ4v) is 3.74. The van der Waals surface area contributed by atoms with Gasteiger partial charge in [-0.3, -0.25) is 9.52 Å². The molecule has 2 aromatic carbocycles. The van der Waals surface area contributed by atoms with E-state index in [1.54, 1.807) is 61.5 Å². The molecule has 26 heavy (non-hydrogen) atoms. The molecule has 0 saturated heterocycles. The summed E-state index contributed by atoms with van der Waals surface area (Å²) in [6.45, 7) is 3.52. The summed E-state index contributed by atoms with van der Waals surface area (Å²) >= 11 is 6.02. The van der Waals surface area contributed by atoms with Crippen LogP contribution in [-0.2, 0) is 14.8 Å². The number of benzene rings is 2. The molecule has 0 fully saturated rings. The summed E-state index contributed by atoms with van der Waals surface area (Å²) in [6.07, 6.45) is 6.47. The number of nitrogens with one attached hydrogen (secondary N) is 2. The van der Waals surface area contributed by atoms with Gasteiger partial charge < -0.3 is 5.32 Å². The van der Waals surface area contributed by atoms with E-state index in [2.05, 4.69) is 10.0 Å². The van der Waals surface area contributed by atoms with Crippen molar-refractivity contribution in [3.63, 3.8) is 0 Å². The van der Waals surface area contributed by atoms with Crippen molar-refractivity contribution in [3.8, 4) is 0 Å². The monoisotopic (exact) mass is 390 g/mol. The minimum Gasteiger partial charge on any atom is -0.322 e. The maximum absolute atomic E-state index is 12.7. The van der Waals surface area contributed by atoms with Gasteiger partial charge in [-0.25, -0.2) is 8.42 Å². The molecule has 0 aliphatic heterocycles. The molecule has 1 amide bonds. The van der Waals surface area contributed by atoms with Gasteiger partial charge >= 0.3 is 0 Å². The Morgan fingerprint density at radius 2 is 1.85 bits per heavy atom. The van der Waals surface area contributed by atoms with Crippen LogP contribution in [0.5, 0.6) is 0 Å². The Morgan fingerprint density at radius 3 is 2.54 bits per heavy atom. The lowest BCUT2D eigenvalue weighted by atomic mass is 10.2. The van der Waals surface area contributed by atoms with Crippen LogP contribution in [0.3, 0.4) is 0 Å². The summed E-state index contributed by atoms with van der Waals surface area (Å²) in [5.41, 5.74) is 1.22. The predicted octanol–water partition coefficient (Wildman–Crippen LogP) is 4.52. The molecule has 0 atom stereocenters. The van der Waals surface area contributed by atoms with Crippen molar-refractivity contribution in [1.82, 2.24) is 0 Å². The zero-order valence-corrected chi connectivity index (χ0v) is 15.9. The molecule has 0 spiro atoms. The number of halogens is 1. The van der Waals surface area contributed by atoms with E-state index < -0.39 is 10.0 Å². The van der Waals surface area contributed by atoms with E-state index in [9.17, 15) is 13.2 Å². The number of aryl methyl sites for hydroxylation is 1. The van der Waals surface area contributed by atoms with Crippen molar-refractivity contribution in [2.45, 2.75) is 18.7 Å². The van der Waals surface area contributed by atoms with Crippen LogP contribution < -0.4 is 10.0 Å². The van der Waals surface area contributed by atoms with Crippen molar-refractivity contribution >= 4 is 38.9 Å². The van der Waals surface area contributed by atoms with Gasteiger partial charge in [-0.05, 0) is 43.7 Å². The number of allylic oxidation sites excluding steroid dienone is 3. The van der Waals surface area contributed by atoms with Crippen LogP contribution in [0.15, 0.2) is 71.7 Å². The highest BCUT2D eigenvalue weighted by Gasteiger charge is 2.19. The number of rotatable bonds is 6. The smallest absolute Gasteiger partial charge is 0.262 e. The number of carbonyl (C=O) groups excluding carboxylic acids is 1. The first-order valence-electron chi connectivity index (χ1n) is 7.82. The fourth-order valence-electron chi connectivity index (χ4n) is 2.15. The van der Waals surface area contributed by atoms with Crippen molar-refractivity contribution in [2.75, 3.05) is 10.0 Å². The standard InChI is InChI=1S/C19H19ClN2O3S/c1-3-4-5-10-19(23)21-15-12-11-14(2)18(13-15)26(24,25)22-17-9-7-6-8-16(17)20/h3-13,22H,1-2H3,(H,21,23)/b4-3+,10-5+. The van der Waals surface area contributed by atoms with Gasteiger partial charge in [-0.2, -0.15) is 0 Å². The van der Waals surface area contributed by atoms with Crippen molar-refractivity contribution in [2.24, 2.45) is 0 Å². The molecule has 0 radical (unpaired) electrons. The third-order valence-electron chi connectivity index (χ3n) is 3.41. The summed E-state index contributed by atoms with van der Waals surface area (Å²) in [7, 11) is -3.86. The fraction of sp³-hybridized carbons (Fsp3) is 0.105. The molecule has 0 saturated carbocycles. The lowest BCUT2D eigenvalue weighted by Gasteiger charge is -2.13. The van der Waals surface area contributed by atoms with Gasteiger partial charge in [0.2, 0.25) is 5.91 Å². The maximum Gasteiger partial charge on any atom is 0.262 e. The van der Waals surface area contributed by atoms with Crippen molar-refractivity contribution < 1.29 is 13.2 Å². The van der Waals surface area contributed by atoms with Crippen molar-refractivity contribution in [1.29, 1.82) is 0 Å². The molecule has 5 nitrogen and oxygen atoms in total. The van der Waals surface area contributed by atoms with Gasteiger partial charge in [0.05, 0.1) is 15.6 Å². The molecular formula is C19H19ClN2O3S. The summed E-state index contributed by atoms with van der Waals surface area (Å²) in [5.74, 6) is -0.352. The Labute approximate surface area is 158 Å². The summed E-state index contributed by atoms with van der Waals surface area (Å²) in [5, 5.41) is 2.94. The average molecular weight is 391 g/mol. The largest absolute Gasteiger partial charge is 0.322 e. The van der Waals surface area contributed by atoms with E-state index in [-0.39, 0.29) is 16.5 Å². The third kappa shape index (κ3) is 5.21. The highest BCUT2D eigenvalue weighted by Crippen LogP contribution is 2.26. The van der Waals surface area contributed by atoms with E-state index in [1.165, 1.54) is 12.1 Å². The number of sulfonamides is 1. The first-order chi connectivity index (χ1) is 12.3. The van der Waals surface area contributed by atoms with E-state index in [1.807, 2.05) is 6.92 Å². The lowest BCUT2D eigenvalue weighted by molar-refractivity contribution is -0.111. The van der Waals surface area contributed by atoms with E-state index in [0.717, 1.165) is 0 Å². The number of carbonyl (C=O) groups is 1. The minimum absolute atomic E-state index is 0.0626. The molecule has 2 rings (SSSR count). The van der Waals surface area contributed by atoms with Crippen molar-refractivity contribution in [3.05, 3.63) is 77.4 Å². The van der Waals surface area contributed by atoms with Gasteiger partial charge in [0.1, 0.15) is 0 Å². The topological polar surface area (TPSA) is 75.3 Å². The number of hydrogen-bond acceptors (Lipinski definition) is 3. The second-order valence-electron chi connectivity index (χ2n) is 5.44. The number of amides is 1. The van der Waals surface area contributed by atoms with E-state index >= 15 is 0 Å². The molecule has 2 aromatic rings. The summed E-state index contributed by atoms with van der Waals surface area (Å²) in [4.78, 5) is 11.9. The predicted molar refractivity (Wildman–Crippen MR) is 106 cm³/mol. The van der Waals surface area contributed by atoms with Crippen LogP contribution in [-0.4, -0.2) is 14.3 Å². The molecular weight excluding hydrogens is 372 g/mol. The van der Waals surface area contributed by atoms with Crippen LogP contribution in [0, 0.1) is 6.92 Å². The zero-order chi connectivity index (χ0) is 19.2. The highest BCUT2D eigenvalue weighted by molar-refractivity contribution is 7.92. The molecule has 0 heterocycles. The molecule has 0 aromatic heterocycles. The molecule has 0 bridgehead atoms. The van der Waals surface area contributed by atoms with E-state index in [0.29, 0.717) is 16.3 Å². The molecule has 0 aliphatic rings. The first-order valence-corrected chi connectivity index (χ1v) is 9.68. The SMILES string of the molecule is C/C=C/C=C/C(=O)Nc1ccc(C)c(S(=O)(=O)Nc2ccccc2Cl)c1. The minimum atomic E-state index is -3.86. The van der Waals surface area contributed by atoms with Crippen LogP contribution in [0.25, 0.3) is 0 Å². The van der Waals surface area contributed by atoms with Crippen LogP contribution in [0.4, 0.5) is 11.4 Å². The summed E-state index contributed by atoms with van der Waals surface area (Å²) < 4.78 is 27.9. The highest BCUT2D eigenvalue weighted by atomic mass is 35.5. The van der Waals surface area contributed by atoms with Gasteiger partial charge in [0, 0.05) is 11.8 Å². The Hall–Kier alpha value is -2.57. The Kier molecular flexibility index (Phi) is 6.60. The molecule has 2 N–H and O–H groups in total. The molecule has 7 heteroatoms.